The van der Waals surface area contributed by atoms with Crippen LogP contribution in [0, 0.1) is 36.1 Å². The molecule has 8 unspecified atom stereocenters. The van der Waals surface area contributed by atoms with E-state index in [1.165, 1.54) is 24.8 Å². The van der Waals surface area contributed by atoms with E-state index in [-0.39, 0.29) is 24.4 Å². The molecule has 1 aliphatic heterocycles. The van der Waals surface area contributed by atoms with Crippen LogP contribution in [0.15, 0.2) is 47.1 Å². The Balaban J connectivity index is 1.22. The van der Waals surface area contributed by atoms with Crippen LogP contribution in [0.5, 0.6) is 0 Å². The van der Waals surface area contributed by atoms with Crippen LogP contribution in [0.2, 0.25) is 0 Å². The Labute approximate surface area is 258 Å². The summed E-state index contributed by atoms with van der Waals surface area (Å²) in [4.78, 5) is 20.7. The van der Waals surface area contributed by atoms with E-state index in [1.54, 1.807) is 12.7 Å². The van der Waals surface area contributed by atoms with Gasteiger partial charge in [-0.05, 0) is 75.5 Å². The van der Waals surface area contributed by atoms with Gasteiger partial charge in [-0.25, -0.2) is 0 Å². The monoisotopic (exact) mass is 594 g/mol. The first-order valence-electron chi connectivity index (χ1n) is 16.9. The molecule has 1 saturated carbocycles. The molecule has 1 aromatic heterocycles. The highest BCUT2D eigenvalue weighted by atomic mass is 16.4. The summed E-state index contributed by atoms with van der Waals surface area (Å²) < 4.78 is 0. The van der Waals surface area contributed by atoms with Gasteiger partial charge in [-0.1, -0.05) is 69.7 Å². The Kier molecular flexibility index (Phi) is 13.0. The number of rotatable bonds is 19. The highest BCUT2D eigenvalue weighted by molar-refractivity contribution is 5.81. The molecule has 0 spiro atoms. The standard InChI is InChI=1S/C36H54N2O5/c1-2-3-5-9-26-13-14-29(34(40)22-26)10-6-4-7-12-32(35(41)42)33(39)15-17-36(43)24-28(20-27-16-19-37-25-27)21-30(36)23-31-11-8-18-38-31/h8,11,13-14,16,18-19,25-26,28-30,32-34,39-40,43H,2-7,9-10,12,15,17,20-24H2,1H3,(H,41,42). The first kappa shape index (κ1) is 33.5. The average Bonchev–Trinajstić information content (AvgIpc) is 3.74. The highest BCUT2D eigenvalue weighted by Gasteiger charge is 2.46. The summed E-state index contributed by atoms with van der Waals surface area (Å²) in [5, 5.41) is 43.4. The van der Waals surface area contributed by atoms with Crippen LogP contribution in [-0.2, 0) is 11.2 Å². The van der Waals surface area contributed by atoms with E-state index in [0.717, 1.165) is 57.1 Å². The number of aromatic nitrogens is 1. The minimum absolute atomic E-state index is 0.0154. The van der Waals surface area contributed by atoms with E-state index in [2.05, 4.69) is 29.1 Å². The normalized spacial score (nSPS) is 29.9. The average molecular weight is 595 g/mol. The molecule has 0 amide bonds. The summed E-state index contributed by atoms with van der Waals surface area (Å²) in [5.41, 5.74) is 1.17. The Hall–Kier alpha value is -2.35. The Bertz CT molecular complexity index is 1070. The van der Waals surface area contributed by atoms with E-state index >= 15 is 0 Å². The number of aliphatic imine (C=N–C) groups is 1. The predicted molar refractivity (Wildman–Crippen MR) is 170 cm³/mol. The summed E-state index contributed by atoms with van der Waals surface area (Å²) in [5.74, 6) is -0.803. The largest absolute Gasteiger partial charge is 0.668 e. The number of aliphatic carboxylic acids is 1. The van der Waals surface area contributed by atoms with Crippen molar-refractivity contribution < 1.29 is 25.2 Å². The number of carbonyl (C=O) groups is 1. The van der Waals surface area contributed by atoms with Gasteiger partial charge < -0.3 is 25.4 Å². The Morgan fingerprint density at radius 3 is 2.65 bits per heavy atom. The smallest absolute Gasteiger partial charge is 0.309 e. The second-order valence-electron chi connectivity index (χ2n) is 13.6. The molecule has 43 heavy (non-hydrogen) atoms. The lowest BCUT2D eigenvalue weighted by Gasteiger charge is -2.33. The number of unbranched alkanes of at least 4 members (excludes halogenated alkanes) is 4. The number of hydrogen-bond donors (Lipinski definition) is 4. The highest BCUT2D eigenvalue weighted by Crippen LogP contribution is 2.47. The van der Waals surface area contributed by atoms with E-state index in [4.69, 9.17) is 0 Å². The maximum atomic E-state index is 12.1. The molecule has 0 aromatic carbocycles. The molecular weight excluding hydrogens is 540 g/mol. The molecule has 0 saturated heterocycles. The SMILES string of the molecule is CCCCCC1C=CC(CCCCCC(C(=O)O)C(O)CCC2(O)CC(CC3=C[CH+]N=C3)CC2Cc2ccc[n-]2)C(O)C1. The van der Waals surface area contributed by atoms with Gasteiger partial charge in [0, 0.05) is 12.3 Å². The molecule has 1 fully saturated rings. The minimum atomic E-state index is -0.995. The van der Waals surface area contributed by atoms with Crippen molar-refractivity contribution >= 4 is 12.2 Å². The van der Waals surface area contributed by atoms with Crippen molar-refractivity contribution in [1.29, 1.82) is 0 Å². The second-order valence-corrected chi connectivity index (χ2v) is 13.6. The molecule has 4 N–H and O–H groups in total. The number of hydrogen-bond acceptors (Lipinski definition) is 5. The van der Waals surface area contributed by atoms with Crippen LogP contribution < -0.4 is 4.98 Å². The Morgan fingerprint density at radius 1 is 1.12 bits per heavy atom. The molecule has 4 rings (SSSR count). The van der Waals surface area contributed by atoms with Gasteiger partial charge in [0.2, 0.25) is 0 Å². The van der Waals surface area contributed by atoms with Gasteiger partial charge in [-0.15, -0.1) is 4.99 Å². The van der Waals surface area contributed by atoms with Crippen molar-refractivity contribution in [2.45, 2.75) is 127 Å². The summed E-state index contributed by atoms with van der Waals surface area (Å²) in [6.45, 7) is 4.01. The van der Waals surface area contributed by atoms with Crippen LogP contribution in [-0.4, -0.2) is 50.4 Å². The zero-order chi connectivity index (χ0) is 30.7. The maximum Gasteiger partial charge on any atom is 0.309 e. The van der Waals surface area contributed by atoms with Gasteiger partial charge in [0.1, 0.15) is 12.1 Å². The quantitative estimate of drug-likeness (QED) is 0.0831. The van der Waals surface area contributed by atoms with Gasteiger partial charge in [-0.3, -0.25) is 4.79 Å². The van der Waals surface area contributed by atoms with Crippen LogP contribution in [0.25, 0.3) is 0 Å². The molecular formula is C36H54N2O5. The third-order valence-corrected chi connectivity index (χ3v) is 10.3. The first-order chi connectivity index (χ1) is 20.8. The van der Waals surface area contributed by atoms with E-state index in [0.29, 0.717) is 37.5 Å². The zero-order valence-corrected chi connectivity index (χ0v) is 26.1. The van der Waals surface area contributed by atoms with Gasteiger partial charge in [0.15, 0.2) is 6.21 Å². The van der Waals surface area contributed by atoms with Crippen LogP contribution in [0.3, 0.4) is 0 Å². The number of allylic oxidation sites excluding steroid dienone is 2. The van der Waals surface area contributed by atoms with Crippen molar-refractivity contribution in [3.8, 4) is 0 Å². The lowest BCUT2D eigenvalue weighted by atomic mass is 9.80. The van der Waals surface area contributed by atoms with Crippen molar-refractivity contribution in [3.63, 3.8) is 0 Å². The van der Waals surface area contributed by atoms with Crippen molar-refractivity contribution in [3.05, 3.63) is 54.4 Å². The summed E-state index contributed by atoms with van der Waals surface area (Å²) >= 11 is 0. The molecule has 238 valence electrons. The number of nitrogens with zero attached hydrogens (tertiary/aromatic N) is 2. The number of carboxylic acids is 1. The van der Waals surface area contributed by atoms with E-state index in [9.17, 15) is 25.2 Å². The van der Waals surface area contributed by atoms with Gasteiger partial charge in [-0.2, -0.15) is 11.9 Å². The molecule has 0 radical (unpaired) electrons. The van der Waals surface area contributed by atoms with Crippen LogP contribution >= 0.6 is 0 Å². The number of aliphatic hydroxyl groups excluding tert-OH is 2. The molecule has 7 nitrogen and oxygen atoms in total. The van der Waals surface area contributed by atoms with E-state index in [1.807, 2.05) is 24.4 Å². The topological polar surface area (TPSA) is 124 Å². The van der Waals surface area contributed by atoms with Crippen LogP contribution in [0.4, 0.5) is 0 Å². The minimum Gasteiger partial charge on any atom is -0.668 e. The summed E-state index contributed by atoms with van der Waals surface area (Å²) in [6, 6.07) is 3.90. The molecule has 2 aliphatic carbocycles. The molecule has 7 heteroatoms. The molecule has 8 atom stereocenters. The molecule has 2 heterocycles. The number of aliphatic hydroxyl groups is 3. The maximum absolute atomic E-state index is 12.1. The first-order valence-corrected chi connectivity index (χ1v) is 16.9. The number of carboxylic acid groups (broad SMARTS) is 1. The van der Waals surface area contributed by atoms with Gasteiger partial charge in [0.25, 0.3) is 0 Å². The molecule has 1 aromatic rings. The molecule has 3 aliphatic rings. The Morgan fingerprint density at radius 2 is 1.95 bits per heavy atom. The van der Waals surface area contributed by atoms with E-state index < -0.39 is 23.6 Å². The lowest BCUT2D eigenvalue weighted by Crippen LogP contribution is -2.37. The fourth-order valence-corrected chi connectivity index (χ4v) is 7.74. The van der Waals surface area contributed by atoms with Crippen molar-refractivity contribution in [1.82, 2.24) is 4.98 Å². The van der Waals surface area contributed by atoms with Crippen LogP contribution in [0.1, 0.15) is 109 Å². The van der Waals surface area contributed by atoms with Crippen molar-refractivity contribution in [2.75, 3.05) is 0 Å². The fourth-order valence-electron chi connectivity index (χ4n) is 7.74. The third-order valence-electron chi connectivity index (χ3n) is 10.3. The predicted octanol–water partition coefficient (Wildman–Crippen LogP) is 6.43. The molecule has 0 bridgehead atoms. The van der Waals surface area contributed by atoms with Gasteiger partial charge in [0.05, 0.1) is 29.8 Å². The van der Waals surface area contributed by atoms with Gasteiger partial charge >= 0.3 is 5.97 Å². The summed E-state index contributed by atoms with van der Waals surface area (Å²) in [6.07, 6.45) is 22.1. The lowest BCUT2D eigenvalue weighted by molar-refractivity contribution is -0.146. The fraction of sp³-hybridized carbons (Fsp3) is 0.694. The van der Waals surface area contributed by atoms with Crippen molar-refractivity contribution in [2.24, 2.45) is 34.6 Å². The zero-order valence-electron chi connectivity index (χ0n) is 26.1. The third kappa shape index (κ3) is 10.1. The second kappa shape index (κ2) is 16.6. The summed E-state index contributed by atoms with van der Waals surface area (Å²) in [7, 11) is 0.